The van der Waals surface area contributed by atoms with Crippen LogP contribution >= 0.6 is 0 Å². The average Bonchev–Trinajstić information content (AvgIpc) is 3.69. The van der Waals surface area contributed by atoms with Crippen molar-refractivity contribution >= 4 is 0 Å². The van der Waals surface area contributed by atoms with Gasteiger partial charge in [0.25, 0.3) is 0 Å². The van der Waals surface area contributed by atoms with Crippen LogP contribution < -0.4 is 0 Å². The molecule has 7 N–H and O–H groups in total. The van der Waals surface area contributed by atoms with Crippen LogP contribution in [-0.4, -0.2) is 121 Å². The average molecular weight is 671 g/mol. The van der Waals surface area contributed by atoms with E-state index in [0.29, 0.717) is 12.8 Å². The lowest BCUT2D eigenvalue weighted by atomic mass is 9.42. The third-order valence-electron chi connectivity index (χ3n) is 14.5. The van der Waals surface area contributed by atoms with Gasteiger partial charge in [-0.15, -0.1) is 0 Å². The van der Waals surface area contributed by atoms with Crippen LogP contribution in [0.4, 0.5) is 0 Å². The van der Waals surface area contributed by atoms with Crippen molar-refractivity contribution in [1.29, 1.82) is 0 Å². The van der Waals surface area contributed by atoms with Crippen molar-refractivity contribution in [3.8, 4) is 0 Å². The second-order valence-corrected chi connectivity index (χ2v) is 18.1. The number of rotatable bonds is 7. The minimum absolute atomic E-state index is 0.0227. The lowest BCUT2D eigenvalue weighted by Gasteiger charge is -2.64. The Labute approximate surface area is 279 Å². The highest BCUT2D eigenvalue weighted by atomic mass is 16.7. The molecule has 0 radical (unpaired) electrons. The van der Waals surface area contributed by atoms with Gasteiger partial charge in [0.15, 0.2) is 6.29 Å². The predicted molar refractivity (Wildman–Crippen MR) is 171 cm³/mol. The van der Waals surface area contributed by atoms with Gasteiger partial charge in [-0.2, -0.15) is 0 Å². The maximum absolute atomic E-state index is 11.9. The van der Waals surface area contributed by atoms with E-state index in [-0.39, 0.29) is 53.5 Å². The van der Waals surface area contributed by atoms with Crippen molar-refractivity contribution in [3.05, 3.63) is 0 Å². The minimum Gasteiger partial charge on any atom is -0.396 e. The molecule has 3 aliphatic carbocycles. The Bertz CT molecular complexity index is 1140. The highest BCUT2D eigenvalue weighted by molar-refractivity contribution is 5.19. The maximum atomic E-state index is 11.9. The molecule has 0 aromatic carbocycles. The lowest BCUT2D eigenvalue weighted by molar-refractivity contribution is -0.329. The van der Waals surface area contributed by atoms with E-state index in [9.17, 15) is 35.7 Å². The predicted octanol–water partition coefficient (Wildman–Crippen LogP) is 2.03. The Kier molecular flexibility index (Phi) is 9.34. The van der Waals surface area contributed by atoms with Gasteiger partial charge in [0.05, 0.1) is 47.8 Å². The quantitative estimate of drug-likeness (QED) is 0.197. The van der Waals surface area contributed by atoms with E-state index in [1.54, 1.807) is 13.8 Å². The van der Waals surface area contributed by atoms with Crippen LogP contribution in [0.25, 0.3) is 0 Å². The monoisotopic (exact) mass is 670 g/mol. The van der Waals surface area contributed by atoms with Crippen LogP contribution in [0.1, 0.15) is 106 Å². The van der Waals surface area contributed by atoms with Crippen LogP contribution in [-0.2, 0) is 18.9 Å². The van der Waals surface area contributed by atoms with Gasteiger partial charge in [0, 0.05) is 17.9 Å². The van der Waals surface area contributed by atoms with Gasteiger partial charge in [-0.25, -0.2) is 0 Å². The zero-order chi connectivity index (χ0) is 34.5. The molecule has 272 valence electrons. The Morgan fingerprint density at radius 2 is 1.45 bits per heavy atom. The Morgan fingerprint density at radius 1 is 0.766 bits per heavy atom. The number of hydrogen-bond donors (Lipinski definition) is 7. The molecule has 6 rings (SSSR count). The molecule has 3 aliphatic heterocycles. The number of hydrogen-bond acceptors (Lipinski definition) is 11. The minimum atomic E-state index is -1.50. The van der Waals surface area contributed by atoms with Crippen LogP contribution in [0.3, 0.4) is 0 Å². The maximum Gasteiger partial charge on any atom is 0.186 e. The normalized spacial score (nSPS) is 54.8. The Hall–Kier alpha value is -0.440. The van der Waals surface area contributed by atoms with Crippen molar-refractivity contribution in [3.63, 3.8) is 0 Å². The number of fused-ring (bicyclic) bond motifs is 3. The molecule has 0 aromatic rings. The van der Waals surface area contributed by atoms with Crippen molar-refractivity contribution in [2.75, 3.05) is 13.2 Å². The van der Waals surface area contributed by atoms with Crippen LogP contribution in [0.2, 0.25) is 0 Å². The van der Waals surface area contributed by atoms with Crippen molar-refractivity contribution < 1.29 is 54.7 Å². The lowest BCUT2D eigenvalue weighted by Crippen LogP contribution is -2.63. The summed E-state index contributed by atoms with van der Waals surface area (Å²) in [5.74, 6) is 0.00142. The van der Waals surface area contributed by atoms with Gasteiger partial charge in [-0.05, 0) is 108 Å². The first kappa shape index (κ1) is 36.4. The largest absolute Gasteiger partial charge is 0.396 e. The third-order valence-corrected chi connectivity index (χ3v) is 14.5. The summed E-state index contributed by atoms with van der Waals surface area (Å²) >= 11 is 0. The highest BCUT2D eigenvalue weighted by Crippen LogP contribution is 2.72. The SMILES string of the molecule is CC(C)(O)C1CCC(C)(C2CCC(C)(C3C(O)CC4C5(C)CCC(OC6OC(CO)C(O)C(O)C6O)C(C)(C)C5CCC34CO)O2)O1. The van der Waals surface area contributed by atoms with E-state index in [1.807, 2.05) is 0 Å². The molecule has 3 saturated heterocycles. The third kappa shape index (κ3) is 5.57. The molecular formula is C36H62O11. The smallest absolute Gasteiger partial charge is 0.186 e. The van der Waals surface area contributed by atoms with Crippen LogP contribution in [0, 0.1) is 34.0 Å². The Balaban J connectivity index is 1.21. The summed E-state index contributed by atoms with van der Waals surface area (Å²) in [6.45, 7) is 13.9. The summed E-state index contributed by atoms with van der Waals surface area (Å²) in [6, 6.07) is 0. The fourth-order valence-electron chi connectivity index (χ4n) is 12.1. The van der Waals surface area contributed by atoms with Gasteiger partial charge < -0.3 is 54.7 Å². The summed E-state index contributed by atoms with van der Waals surface area (Å²) in [7, 11) is 0. The first-order valence-electron chi connectivity index (χ1n) is 18.1. The molecule has 11 nitrogen and oxygen atoms in total. The van der Waals surface area contributed by atoms with E-state index < -0.39 is 65.6 Å². The zero-order valence-corrected chi connectivity index (χ0v) is 29.5. The van der Waals surface area contributed by atoms with Crippen LogP contribution in [0.15, 0.2) is 0 Å². The molecule has 47 heavy (non-hydrogen) atoms. The van der Waals surface area contributed by atoms with Gasteiger partial charge in [-0.1, -0.05) is 20.8 Å². The van der Waals surface area contributed by atoms with E-state index in [2.05, 4.69) is 34.6 Å². The van der Waals surface area contributed by atoms with Gasteiger partial charge in [-0.3, -0.25) is 0 Å². The van der Waals surface area contributed by atoms with E-state index >= 15 is 0 Å². The van der Waals surface area contributed by atoms with Crippen molar-refractivity contribution in [2.24, 2.45) is 34.0 Å². The second kappa shape index (κ2) is 12.1. The topological polar surface area (TPSA) is 179 Å². The second-order valence-electron chi connectivity index (χ2n) is 18.1. The molecule has 0 aromatic heterocycles. The molecule has 11 heteroatoms. The van der Waals surface area contributed by atoms with Gasteiger partial charge in [0.1, 0.15) is 24.4 Å². The standard InChI is InChI=1S/C36H62O11/c1-31(2)21-8-15-36(18-38)22(33(21,5)12-9-23(31)45-30-28(42)27(41)26(40)20(17-37)44-30)16-19(39)29(36)35(7)14-11-25(47-35)34(6)13-10-24(46-34)32(3,4)43/h19-30,37-43H,8-18H2,1-7H3. The first-order valence-corrected chi connectivity index (χ1v) is 18.1. The van der Waals surface area contributed by atoms with Crippen LogP contribution in [0.5, 0.6) is 0 Å². The van der Waals surface area contributed by atoms with E-state index in [1.165, 1.54) is 0 Å². The summed E-state index contributed by atoms with van der Waals surface area (Å²) < 4.78 is 25.6. The summed E-state index contributed by atoms with van der Waals surface area (Å²) in [5.41, 5.74) is -3.18. The summed E-state index contributed by atoms with van der Waals surface area (Å²) in [6.07, 6.45) is -1.25. The molecule has 6 aliphatic rings. The fourth-order valence-corrected chi connectivity index (χ4v) is 12.1. The van der Waals surface area contributed by atoms with Crippen molar-refractivity contribution in [2.45, 2.75) is 178 Å². The molecule has 0 spiro atoms. The Morgan fingerprint density at radius 3 is 2.06 bits per heavy atom. The van der Waals surface area contributed by atoms with Gasteiger partial charge >= 0.3 is 0 Å². The van der Waals surface area contributed by atoms with E-state index in [4.69, 9.17) is 18.9 Å². The first-order chi connectivity index (χ1) is 21.8. The molecule has 3 saturated carbocycles. The molecule has 3 heterocycles. The zero-order valence-electron chi connectivity index (χ0n) is 29.5. The molecule has 0 bridgehead atoms. The fraction of sp³-hybridized carbons (Fsp3) is 1.00. The molecule has 16 unspecified atom stereocenters. The molecule has 16 atom stereocenters. The number of aliphatic hydroxyl groups is 7. The van der Waals surface area contributed by atoms with Gasteiger partial charge in [0.2, 0.25) is 0 Å². The number of ether oxygens (including phenoxy) is 4. The summed E-state index contributed by atoms with van der Waals surface area (Å²) in [5, 5.41) is 74.9. The molecule has 0 amide bonds. The number of aliphatic hydroxyl groups excluding tert-OH is 6. The molecular weight excluding hydrogens is 608 g/mol. The molecule has 6 fully saturated rings. The highest BCUT2D eigenvalue weighted by Gasteiger charge is 2.71. The van der Waals surface area contributed by atoms with E-state index in [0.717, 1.165) is 44.9 Å². The van der Waals surface area contributed by atoms with Crippen molar-refractivity contribution in [1.82, 2.24) is 0 Å². The summed E-state index contributed by atoms with van der Waals surface area (Å²) in [4.78, 5) is 0.